The molecule has 3 rings (SSSR count). The van der Waals surface area contributed by atoms with Gasteiger partial charge in [0.2, 0.25) is 0 Å². The maximum absolute atomic E-state index is 13.1. The van der Waals surface area contributed by atoms with Crippen molar-refractivity contribution in [3.05, 3.63) is 52.5 Å². The highest BCUT2D eigenvalue weighted by atomic mass is 79.9. The zero-order valence-corrected chi connectivity index (χ0v) is 17.4. The smallest absolute Gasteiger partial charge is 0.329 e. The number of carbonyl (C=O) groups is 2. The van der Waals surface area contributed by atoms with Crippen molar-refractivity contribution in [3.8, 4) is 5.75 Å². The van der Waals surface area contributed by atoms with Crippen LogP contribution in [-0.2, 0) is 10.5 Å². The van der Waals surface area contributed by atoms with E-state index in [9.17, 15) is 14.7 Å². The van der Waals surface area contributed by atoms with Crippen LogP contribution in [0.1, 0.15) is 26.3 Å². The quantitative estimate of drug-likeness (QED) is 0.653. The number of fused-ring (bicyclic) bond motifs is 1. The second kappa shape index (κ2) is 7.81. The first-order valence-electron chi connectivity index (χ1n) is 8.94. The van der Waals surface area contributed by atoms with Crippen LogP contribution in [0.2, 0.25) is 0 Å². The number of nitrogens with zero attached hydrogens (tertiary/aromatic N) is 1. The minimum Gasteiger partial charge on any atom is -0.494 e. The summed E-state index contributed by atoms with van der Waals surface area (Å²) in [5.74, 6) is -0.0624. The van der Waals surface area contributed by atoms with E-state index < -0.39 is 17.7 Å². The molecule has 0 spiro atoms. The molecule has 7 nitrogen and oxygen atoms in total. The van der Waals surface area contributed by atoms with E-state index in [0.717, 1.165) is 4.90 Å². The second-order valence-corrected chi connectivity index (χ2v) is 7.60. The Hall–Kier alpha value is -2.58. The molecule has 0 aliphatic carbocycles. The fraction of sp³-hybridized carbons (Fsp3) is 0.300. The number of aliphatic hydroxyl groups is 1. The van der Waals surface area contributed by atoms with Gasteiger partial charge >= 0.3 is 6.03 Å². The predicted octanol–water partition coefficient (Wildman–Crippen LogP) is 3.57. The topological polar surface area (TPSA) is 90.9 Å². The van der Waals surface area contributed by atoms with E-state index in [0.29, 0.717) is 28.2 Å². The van der Waals surface area contributed by atoms with Crippen LogP contribution in [0.4, 0.5) is 16.2 Å². The number of benzene rings is 2. The first kappa shape index (κ1) is 20.2. The fourth-order valence-electron chi connectivity index (χ4n) is 3.10. The second-order valence-electron chi connectivity index (χ2n) is 6.68. The Morgan fingerprint density at radius 1 is 1.29 bits per heavy atom. The number of hydrogen-bond acceptors (Lipinski definition) is 4. The summed E-state index contributed by atoms with van der Waals surface area (Å²) in [4.78, 5) is 27.0. The van der Waals surface area contributed by atoms with E-state index >= 15 is 0 Å². The normalized spacial score (nSPS) is 18.5. The van der Waals surface area contributed by atoms with Crippen LogP contribution in [-0.4, -0.2) is 29.7 Å². The predicted molar refractivity (Wildman–Crippen MR) is 110 cm³/mol. The molecule has 0 unspecified atom stereocenters. The number of rotatable bonds is 5. The molecule has 0 aromatic heterocycles. The zero-order chi connectivity index (χ0) is 20.5. The summed E-state index contributed by atoms with van der Waals surface area (Å²) in [6.07, 6.45) is 0. The lowest BCUT2D eigenvalue weighted by molar-refractivity contribution is -0.140. The third-order valence-corrected chi connectivity index (χ3v) is 4.76. The van der Waals surface area contributed by atoms with Gasteiger partial charge in [-0.1, -0.05) is 15.9 Å². The monoisotopic (exact) mass is 447 g/mol. The third-order valence-electron chi connectivity index (χ3n) is 4.27. The molecule has 1 atom stereocenters. The van der Waals surface area contributed by atoms with Crippen LogP contribution in [0.25, 0.3) is 0 Å². The average molecular weight is 448 g/mol. The molecule has 148 valence electrons. The SMILES string of the molecule is CCOc1ccc(N2C(=O)Nc3ccc(Br)cc3[C@@]2(O)C(=O)NC(C)C)cc1. The number of amides is 3. The van der Waals surface area contributed by atoms with Crippen molar-refractivity contribution < 1.29 is 19.4 Å². The Morgan fingerprint density at radius 2 is 1.96 bits per heavy atom. The molecule has 3 amide bonds. The molecule has 0 fully saturated rings. The molecular formula is C20H22BrN3O4. The van der Waals surface area contributed by atoms with Crippen molar-refractivity contribution in [1.82, 2.24) is 5.32 Å². The number of hydrogen-bond donors (Lipinski definition) is 3. The van der Waals surface area contributed by atoms with Crippen molar-refractivity contribution in [2.45, 2.75) is 32.5 Å². The number of urea groups is 1. The highest BCUT2D eigenvalue weighted by Crippen LogP contribution is 2.41. The molecule has 0 saturated heterocycles. The third kappa shape index (κ3) is 3.57. The summed E-state index contributed by atoms with van der Waals surface area (Å²) in [6, 6.07) is 10.8. The first-order valence-corrected chi connectivity index (χ1v) is 9.74. The number of anilines is 2. The Bertz CT molecular complexity index is 901. The van der Waals surface area contributed by atoms with Gasteiger partial charge in [-0.15, -0.1) is 0 Å². The van der Waals surface area contributed by atoms with Gasteiger partial charge in [0.05, 0.1) is 12.3 Å². The van der Waals surface area contributed by atoms with Gasteiger partial charge in [0.25, 0.3) is 11.6 Å². The van der Waals surface area contributed by atoms with Crippen molar-refractivity contribution in [2.75, 3.05) is 16.8 Å². The van der Waals surface area contributed by atoms with Gasteiger partial charge in [-0.05, 0) is 63.2 Å². The number of nitrogens with one attached hydrogen (secondary N) is 2. The summed E-state index contributed by atoms with van der Waals surface area (Å²) in [5, 5.41) is 17.1. The minimum atomic E-state index is -2.22. The summed E-state index contributed by atoms with van der Waals surface area (Å²) >= 11 is 3.37. The number of halogens is 1. The highest BCUT2D eigenvalue weighted by Gasteiger charge is 2.52. The summed E-state index contributed by atoms with van der Waals surface area (Å²) in [5.41, 5.74) is -1.22. The van der Waals surface area contributed by atoms with E-state index in [1.807, 2.05) is 6.92 Å². The van der Waals surface area contributed by atoms with E-state index in [4.69, 9.17) is 4.74 Å². The molecule has 0 bridgehead atoms. The van der Waals surface area contributed by atoms with Crippen molar-refractivity contribution in [1.29, 1.82) is 0 Å². The van der Waals surface area contributed by atoms with E-state index in [-0.39, 0.29) is 11.6 Å². The molecule has 2 aromatic rings. The molecule has 2 aromatic carbocycles. The van der Waals surface area contributed by atoms with E-state index in [1.54, 1.807) is 56.3 Å². The Balaban J connectivity index is 2.15. The van der Waals surface area contributed by atoms with Crippen LogP contribution in [0.15, 0.2) is 46.9 Å². The molecule has 28 heavy (non-hydrogen) atoms. The van der Waals surface area contributed by atoms with E-state index in [2.05, 4.69) is 26.6 Å². The van der Waals surface area contributed by atoms with Crippen molar-refractivity contribution in [2.24, 2.45) is 0 Å². The number of carbonyl (C=O) groups excluding carboxylic acids is 2. The fourth-order valence-corrected chi connectivity index (χ4v) is 3.46. The minimum absolute atomic E-state index is 0.223. The lowest BCUT2D eigenvalue weighted by atomic mass is 9.94. The molecule has 1 aliphatic rings. The molecule has 8 heteroatoms. The Kier molecular flexibility index (Phi) is 5.62. The van der Waals surface area contributed by atoms with Crippen LogP contribution in [0, 0.1) is 0 Å². The molecule has 0 radical (unpaired) electrons. The Labute approximate surface area is 171 Å². The van der Waals surface area contributed by atoms with Crippen LogP contribution in [0.3, 0.4) is 0 Å². The maximum atomic E-state index is 13.1. The first-order chi connectivity index (χ1) is 13.3. The highest BCUT2D eigenvalue weighted by molar-refractivity contribution is 9.10. The van der Waals surface area contributed by atoms with Crippen LogP contribution < -0.4 is 20.3 Å². The maximum Gasteiger partial charge on any atom is 0.329 e. The summed E-state index contributed by atoms with van der Waals surface area (Å²) < 4.78 is 6.10. The summed E-state index contributed by atoms with van der Waals surface area (Å²) in [7, 11) is 0. The molecule has 3 N–H and O–H groups in total. The van der Waals surface area contributed by atoms with Crippen LogP contribution >= 0.6 is 15.9 Å². The standard InChI is InChI=1S/C20H22BrN3O4/c1-4-28-15-8-6-14(7-9-15)24-19(26)23-17-10-5-13(21)11-16(17)20(24,27)18(25)22-12(2)3/h5-12,27H,4H2,1-3H3,(H,22,25)(H,23,26)/t20-/m1/s1. The largest absolute Gasteiger partial charge is 0.494 e. The van der Waals surface area contributed by atoms with Gasteiger partial charge in [0.1, 0.15) is 5.75 Å². The molecule has 0 saturated carbocycles. The van der Waals surface area contributed by atoms with Crippen molar-refractivity contribution in [3.63, 3.8) is 0 Å². The molecule has 1 heterocycles. The lowest BCUT2D eigenvalue weighted by Gasteiger charge is -2.43. The summed E-state index contributed by atoms with van der Waals surface area (Å²) in [6.45, 7) is 5.95. The average Bonchev–Trinajstić information content (AvgIpc) is 2.63. The van der Waals surface area contributed by atoms with Gasteiger partial charge in [-0.25, -0.2) is 4.79 Å². The van der Waals surface area contributed by atoms with Gasteiger partial charge in [0, 0.05) is 21.8 Å². The molecule has 1 aliphatic heterocycles. The van der Waals surface area contributed by atoms with Gasteiger partial charge < -0.3 is 20.5 Å². The van der Waals surface area contributed by atoms with Gasteiger partial charge in [0.15, 0.2) is 0 Å². The van der Waals surface area contributed by atoms with Crippen molar-refractivity contribution >= 4 is 39.2 Å². The molecular weight excluding hydrogens is 426 g/mol. The van der Waals surface area contributed by atoms with Gasteiger partial charge in [-0.2, -0.15) is 0 Å². The van der Waals surface area contributed by atoms with Crippen LogP contribution in [0.5, 0.6) is 5.75 Å². The lowest BCUT2D eigenvalue weighted by Crippen LogP contribution is -2.63. The number of ether oxygens (including phenoxy) is 1. The van der Waals surface area contributed by atoms with Gasteiger partial charge in [-0.3, -0.25) is 9.69 Å². The van der Waals surface area contributed by atoms with E-state index in [1.165, 1.54) is 0 Å². The Morgan fingerprint density at radius 3 is 2.57 bits per heavy atom. The zero-order valence-electron chi connectivity index (χ0n) is 15.8.